The van der Waals surface area contributed by atoms with E-state index in [9.17, 15) is 0 Å². The van der Waals surface area contributed by atoms with Crippen molar-refractivity contribution >= 4 is 0 Å². The van der Waals surface area contributed by atoms with Gasteiger partial charge in [-0.25, -0.2) is 0 Å². The van der Waals surface area contributed by atoms with Crippen LogP contribution in [0.4, 0.5) is 0 Å². The zero-order chi connectivity index (χ0) is 14.3. The predicted octanol–water partition coefficient (Wildman–Crippen LogP) is 5.36. The fraction of sp³-hybridized carbons (Fsp3) is 1.00. The molecule has 0 saturated carbocycles. The second-order valence-electron chi connectivity index (χ2n) is 4.82. The van der Waals surface area contributed by atoms with Gasteiger partial charge in [0.1, 0.15) is 0 Å². The molecule has 2 atom stereocenters. The molecule has 0 spiro atoms. The van der Waals surface area contributed by atoms with Gasteiger partial charge >= 0.3 is 0 Å². The van der Waals surface area contributed by atoms with E-state index in [2.05, 4.69) is 33.0 Å². The number of rotatable bonds is 7. The van der Waals surface area contributed by atoms with Crippen molar-refractivity contribution in [3.8, 4) is 0 Å². The van der Waals surface area contributed by atoms with Crippen LogP contribution in [0.5, 0.6) is 0 Å². The molecule has 1 nitrogen and oxygen atoms in total. The first kappa shape index (κ1) is 22.2. The van der Waals surface area contributed by atoms with Gasteiger partial charge < -0.3 is 5.32 Å². The van der Waals surface area contributed by atoms with Crippen LogP contribution in [-0.2, 0) is 0 Å². The predicted molar refractivity (Wildman–Crippen MR) is 83.6 cm³/mol. The maximum Gasteiger partial charge on any atom is -0.00493 e. The monoisotopic (exact) mass is 245 g/mol. The standard InChI is InChI=1S/C12H27N.2C2H6/c1-10(2)6-7-11(3)12(4)8-9-13-5;2*1-2/h10-13H,6-9H2,1-5H3;2*1-2H3. The van der Waals surface area contributed by atoms with Gasteiger partial charge in [0, 0.05) is 0 Å². The summed E-state index contributed by atoms with van der Waals surface area (Å²) in [6.45, 7) is 18.5. The SMILES string of the molecule is CC.CC.CNCCC(C)C(C)CCC(C)C. The van der Waals surface area contributed by atoms with Crippen LogP contribution in [0.3, 0.4) is 0 Å². The van der Waals surface area contributed by atoms with Gasteiger partial charge in [0.15, 0.2) is 0 Å². The summed E-state index contributed by atoms with van der Waals surface area (Å²) in [6, 6.07) is 0. The van der Waals surface area contributed by atoms with Gasteiger partial charge in [-0.15, -0.1) is 0 Å². The van der Waals surface area contributed by atoms with Crippen LogP contribution in [0.2, 0.25) is 0 Å². The first-order valence-corrected chi connectivity index (χ1v) is 7.72. The highest BCUT2D eigenvalue weighted by molar-refractivity contribution is 4.64. The quantitative estimate of drug-likeness (QED) is 0.637. The summed E-state index contributed by atoms with van der Waals surface area (Å²) in [5.41, 5.74) is 0. The molecule has 0 aromatic carbocycles. The van der Waals surface area contributed by atoms with Crippen LogP contribution in [0.15, 0.2) is 0 Å². The second kappa shape index (κ2) is 18.3. The van der Waals surface area contributed by atoms with Crippen molar-refractivity contribution < 1.29 is 0 Å². The lowest BCUT2D eigenvalue weighted by molar-refractivity contribution is 0.319. The molecule has 0 aliphatic heterocycles. The Morgan fingerprint density at radius 2 is 1.12 bits per heavy atom. The molecule has 0 fully saturated rings. The lowest BCUT2D eigenvalue weighted by Gasteiger charge is -2.20. The molecule has 0 amide bonds. The second-order valence-corrected chi connectivity index (χ2v) is 4.82. The van der Waals surface area contributed by atoms with Crippen molar-refractivity contribution in [3.05, 3.63) is 0 Å². The van der Waals surface area contributed by atoms with E-state index < -0.39 is 0 Å². The Morgan fingerprint density at radius 1 is 0.706 bits per heavy atom. The summed E-state index contributed by atoms with van der Waals surface area (Å²) in [6.07, 6.45) is 4.09. The third-order valence-corrected chi connectivity index (χ3v) is 3.02. The van der Waals surface area contributed by atoms with Crippen LogP contribution in [0, 0.1) is 17.8 Å². The number of nitrogens with one attached hydrogen (secondary N) is 1. The molecule has 1 N–H and O–H groups in total. The minimum atomic E-state index is 0.860. The summed E-state index contributed by atoms with van der Waals surface area (Å²) in [5.74, 6) is 2.61. The van der Waals surface area contributed by atoms with Gasteiger partial charge in [-0.2, -0.15) is 0 Å². The minimum absolute atomic E-state index is 0.860. The van der Waals surface area contributed by atoms with Gasteiger partial charge in [-0.3, -0.25) is 0 Å². The Bertz CT molecular complexity index is 110. The topological polar surface area (TPSA) is 12.0 Å². The minimum Gasteiger partial charge on any atom is -0.320 e. The third-order valence-electron chi connectivity index (χ3n) is 3.02. The first-order chi connectivity index (χ1) is 8.07. The van der Waals surface area contributed by atoms with Crippen molar-refractivity contribution in [3.63, 3.8) is 0 Å². The van der Waals surface area contributed by atoms with Crippen LogP contribution in [0.25, 0.3) is 0 Å². The fourth-order valence-electron chi connectivity index (χ4n) is 1.54. The summed E-state index contributed by atoms with van der Waals surface area (Å²) in [5, 5.41) is 3.22. The Kier molecular flexibility index (Phi) is 23.9. The average molecular weight is 245 g/mol. The maximum absolute atomic E-state index is 3.22. The summed E-state index contributed by atoms with van der Waals surface area (Å²) >= 11 is 0. The van der Waals surface area contributed by atoms with Crippen molar-refractivity contribution in [2.24, 2.45) is 17.8 Å². The van der Waals surface area contributed by atoms with Gasteiger partial charge in [0.05, 0.1) is 0 Å². The van der Waals surface area contributed by atoms with E-state index in [1.54, 1.807) is 0 Å². The highest BCUT2D eigenvalue weighted by atomic mass is 14.8. The molecule has 1 heteroatoms. The molecule has 0 radical (unpaired) electrons. The van der Waals surface area contributed by atoms with Crippen molar-refractivity contribution in [1.82, 2.24) is 5.32 Å². The van der Waals surface area contributed by atoms with Crippen molar-refractivity contribution in [2.75, 3.05) is 13.6 Å². The van der Waals surface area contributed by atoms with E-state index in [0.29, 0.717) is 0 Å². The van der Waals surface area contributed by atoms with E-state index in [0.717, 1.165) is 24.3 Å². The molecule has 0 rings (SSSR count). The molecule has 0 bridgehead atoms. The molecule has 0 aliphatic rings. The van der Waals surface area contributed by atoms with E-state index in [4.69, 9.17) is 0 Å². The number of hydrogen-bond acceptors (Lipinski definition) is 1. The molecule has 2 unspecified atom stereocenters. The van der Waals surface area contributed by atoms with Crippen LogP contribution >= 0.6 is 0 Å². The Morgan fingerprint density at radius 3 is 1.47 bits per heavy atom. The fourth-order valence-corrected chi connectivity index (χ4v) is 1.54. The van der Waals surface area contributed by atoms with Gasteiger partial charge in [0.25, 0.3) is 0 Å². The first-order valence-electron chi connectivity index (χ1n) is 7.72. The molecule has 0 aromatic heterocycles. The summed E-state index contributed by atoms with van der Waals surface area (Å²) in [7, 11) is 2.03. The summed E-state index contributed by atoms with van der Waals surface area (Å²) < 4.78 is 0. The van der Waals surface area contributed by atoms with E-state index in [-0.39, 0.29) is 0 Å². The zero-order valence-electron chi connectivity index (χ0n) is 14.1. The smallest absolute Gasteiger partial charge is 0.00493 e. The van der Waals surface area contributed by atoms with E-state index in [1.165, 1.54) is 19.3 Å². The lowest BCUT2D eigenvalue weighted by atomic mass is 9.87. The highest BCUT2D eigenvalue weighted by Crippen LogP contribution is 2.21. The lowest BCUT2D eigenvalue weighted by Crippen LogP contribution is -2.16. The molecule has 0 aliphatic carbocycles. The number of hydrogen-bond donors (Lipinski definition) is 1. The Labute approximate surface area is 112 Å². The van der Waals surface area contributed by atoms with Gasteiger partial charge in [-0.05, 0) is 37.8 Å². The van der Waals surface area contributed by atoms with E-state index in [1.807, 2.05) is 34.7 Å². The van der Waals surface area contributed by atoms with Crippen LogP contribution < -0.4 is 5.32 Å². The van der Waals surface area contributed by atoms with Crippen molar-refractivity contribution in [2.45, 2.75) is 74.7 Å². The molecular formula is C16H39N. The highest BCUT2D eigenvalue weighted by Gasteiger charge is 2.11. The van der Waals surface area contributed by atoms with Crippen LogP contribution in [0.1, 0.15) is 74.7 Å². The van der Waals surface area contributed by atoms with Crippen LogP contribution in [-0.4, -0.2) is 13.6 Å². The van der Waals surface area contributed by atoms with Gasteiger partial charge in [0.2, 0.25) is 0 Å². The zero-order valence-corrected chi connectivity index (χ0v) is 14.1. The largest absolute Gasteiger partial charge is 0.320 e. The third kappa shape index (κ3) is 18.5. The molecule has 17 heavy (non-hydrogen) atoms. The molecular weight excluding hydrogens is 206 g/mol. The average Bonchev–Trinajstić information content (AvgIpc) is 2.37. The van der Waals surface area contributed by atoms with Gasteiger partial charge in [-0.1, -0.05) is 68.2 Å². The molecule has 108 valence electrons. The summed E-state index contributed by atoms with van der Waals surface area (Å²) in [4.78, 5) is 0. The maximum atomic E-state index is 3.22. The molecule has 0 aromatic rings. The van der Waals surface area contributed by atoms with Crippen molar-refractivity contribution in [1.29, 1.82) is 0 Å². The molecule has 0 heterocycles. The molecule has 0 saturated heterocycles. The normalized spacial score (nSPS) is 13.1. The Hall–Kier alpha value is -0.0400. The Balaban J connectivity index is -0.000000439. The van der Waals surface area contributed by atoms with E-state index >= 15 is 0 Å².